The Kier molecular flexibility index (Phi) is 23.1. The molecule has 32 heteroatoms. The van der Waals surface area contributed by atoms with Gasteiger partial charge in [-0.05, 0) is 98.7 Å². The third-order valence-electron chi connectivity index (χ3n) is 23.4. The molecule has 2 unspecified atom stereocenters. The first-order chi connectivity index (χ1) is 44.6. The summed E-state index contributed by atoms with van der Waals surface area (Å²) in [6, 6.07) is 0. The van der Waals surface area contributed by atoms with Crippen LogP contribution in [-0.4, -0.2) is 333 Å². The molecule has 10 fully saturated rings. The first-order valence-corrected chi connectivity index (χ1v) is 33.4. The molecule has 0 bridgehead atoms. The molecule has 0 radical (unpaired) electrons. The van der Waals surface area contributed by atoms with Gasteiger partial charge in [0.1, 0.15) is 134 Å². The van der Waals surface area contributed by atoms with Crippen molar-refractivity contribution in [3.8, 4) is 0 Å². The maximum atomic E-state index is 12.8. The van der Waals surface area contributed by atoms with Gasteiger partial charge in [0.2, 0.25) is 0 Å². The van der Waals surface area contributed by atoms with E-state index in [2.05, 4.69) is 26.8 Å². The quantitative estimate of drug-likeness (QED) is 0.0504. The van der Waals surface area contributed by atoms with Crippen molar-refractivity contribution in [2.24, 2.45) is 46.3 Å². The molecule has 7 heterocycles. The maximum absolute atomic E-state index is 12.8. The number of ether oxygens (including phenoxy) is 13. The monoisotopic (exact) mass is 1360 g/mol. The van der Waals surface area contributed by atoms with Gasteiger partial charge in [0, 0.05) is 18.9 Å². The molecule has 542 valence electrons. The lowest BCUT2D eigenvalue weighted by atomic mass is 9.47. The van der Waals surface area contributed by atoms with Crippen LogP contribution in [0.25, 0.3) is 0 Å². The molecule has 40 atom stereocenters. The predicted molar refractivity (Wildman–Crippen MR) is 309 cm³/mol. The molecule has 4 aliphatic carbocycles. The van der Waals surface area contributed by atoms with Gasteiger partial charge in [0.05, 0.1) is 51.3 Å². The summed E-state index contributed by atoms with van der Waals surface area (Å²) in [4.78, 5) is 0. The van der Waals surface area contributed by atoms with Crippen LogP contribution in [0.3, 0.4) is 0 Å². The highest BCUT2D eigenvalue weighted by Gasteiger charge is 2.68. The Balaban J connectivity index is 0.851. The number of fused-ring (bicyclic) bond motifs is 7. The Hall–Kier alpha value is -1.54. The van der Waals surface area contributed by atoms with Gasteiger partial charge in [-0.15, -0.1) is 0 Å². The first-order valence-electron chi connectivity index (χ1n) is 33.4. The second-order valence-corrected chi connectivity index (χ2v) is 29.0. The lowest BCUT2D eigenvalue weighted by molar-refractivity contribution is -0.414. The summed E-state index contributed by atoms with van der Waals surface area (Å²) in [5, 5.41) is 209. The van der Waals surface area contributed by atoms with Crippen molar-refractivity contribution in [3.05, 3.63) is 11.6 Å². The minimum Gasteiger partial charge on any atom is -0.396 e. The molecule has 7 saturated heterocycles. The van der Waals surface area contributed by atoms with Gasteiger partial charge in [0.15, 0.2) is 43.5 Å². The molecule has 11 rings (SSSR count). The smallest absolute Gasteiger partial charge is 0.187 e. The molecule has 0 aromatic carbocycles. The Morgan fingerprint density at radius 3 is 1.71 bits per heavy atom. The van der Waals surface area contributed by atoms with Crippen molar-refractivity contribution >= 4 is 0 Å². The van der Waals surface area contributed by atoms with Crippen molar-refractivity contribution in [1.29, 1.82) is 0 Å². The summed E-state index contributed by atoms with van der Waals surface area (Å²) in [6.45, 7) is 5.70. The summed E-state index contributed by atoms with van der Waals surface area (Å²) < 4.78 is 79.7. The van der Waals surface area contributed by atoms with Crippen LogP contribution in [0.1, 0.15) is 92.4 Å². The zero-order valence-corrected chi connectivity index (χ0v) is 53.4. The average Bonchev–Trinajstić information content (AvgIpc) is 1.52. The molecule has 3 saturated carbocycles. The fourth-order valence-corrected chi connectivity index (χ4v) is 17.7. The van der Waals surface area contributed by atoms with Gasteiger partial charge < -0.3 is 159 Å². The molecule has 32 nitrogen and oxygen atoms in total. The predicted octanol–water partition coefficient (Wildman–Crippen LogP) is -6.72. The molecule has 7 aliphatic heterocycles. The fourth-order valence-electron chi connectivity index (χ4n) is 17.7. The van der Waals surface area contributed by atoms with Crippen molar-refractivity contribution in [2.75, 3.05) is 39.6 Å². The van der Waals surface area contributed by atoms with Crippen molar-refractivity contribution in [1.82, 2.24) is 0 Å². The van der Waals surface area contributed by atoms with E-state index in [1.54, 1.807) is 0 Å². The van der Waals surface area contributed by atoms with E-state index in [9.17, 15) is 97.0 Å². The molecule has 0 aromatic heterocycles. The van der Waals surface area contributed by atoms with Gasteiger partial charge in [-0.2, -0.15) is 0 Å². The number of aliphatic hydroxyl groups excluding tert-OH is 18. The summed E-state index contributed by atoms with van der Waals surface area (Å²) in [5.74, 6) is -0.139. The summed E-state index contributed by atoms with van der Waals surface area (Å²) >= 11 is 0. The zero-order chi connectivity index (χ0) is 67.9. The molecular formula is C62H102O32. The van der Waals surface area contributed by atoms with E-state index in [0.717, 1.165) is 25.7 Å². The van der Waals surface area contributed by atoms with Crippen LogP contribution in [0.15, 0.2) is 11.6 Å². The van der Waals surface area contributed by atoms with Crippen molar-refractivity contribution in [2.45, 2.75) is 289 Å². The highest BCUT2D eigenvalue weighted by molar-refractivity contribution is 5.26. The molecule has 19 N–H and O–H groups in total. The van der Waals surface area contributed by atoms with Crippen LogP contribution in [0, 0.1) is 46.3 Å². The SMILES string of the molecule is CC(CO)CCC1(O)O[C@H]2C[C@H]3[C@@H]4CC=C5C[C@@H](O[C@@H]6O[C@H](CO)[C@@H](O[C@@H]7O[C@H](CO)[C@@H](O)[C@H](O[C@@H]8OC[C@H](O)[C@@H](O)[C@@H]8O)[C@H]7O[C@@H]7O[C@H](CO)[C@@H](O[C@@H]8O[C@H](CO)[C@@H](O)[C@H](O)[C@H]8O)[C@H](O)[C@H]7O)[C@H](O)[C@H]6O[C@@H]6O[C@H](C)[C@@H](O)[C@H](O)[C@@H]6O)CC[C@]5(C)[C@H]4CC[C@]3(C)[C@H]2[C@@H]1C. The van der Waals surface area contributed by atoms with Crippen LogP contribution in [-0.2, 0) is 61.6 Å². The first kappa shape index (κ1) is 73.7. The van der Waals surface area contributed by atoms with E-state index in [1.807, 2.05) is 6.92 Å². The van der Waals surface area contributed by atoms with E-state index in [0.29, 0.717) is 49.9 Å². The molecular weight excluding hydrogens is 1260 g/mol. The van der Waals surface area contributed by atoms with Gasteiger partial charge in [-0.25, -0.2) is 0 Å². The molecule has 94 heavy (non-hydrogen) atoms. The number of hydrogen-bond donors (Lipinski definition) is 19. The normalized spacial score (nSPS) is 54.9. The van der Waals surface area contributed by atoms with Crippen LogP contribution in [0.2, 0.25) is 0 Å². The lowest BCUT2D eigenvalue weighted by Gasteiger charge is -2.58. The Morgan fingerprint density at radius 2 is 1.05 bits per heavy atom. The van der Waals surface area contributed by atoms with Crippen LogP contribution in [0.4, 0.5) is 0 Å². The third kappa shape index (κ3) is 13.5. The van der Waals surface area contributed by atoms with Gasteiger partial charge in [-0.3, -0.25) is 0 Å². The standard InChI is InChI=1S/C62H102O32/c1-22(16-63)8-13-62(81)23(2)36-31(94-62)15-29-27-7-6-25-14-26(9-11-60(25,4)28(27)10-12-61(29,36)5)84-58-52(92-55-45(77)41(73)37(69)24(3)83-55)48(80)50(35(20-67)88-58)90-59-53(51(40(72)33(18-65)86-59)91-54-44(76)38(70)30(68)21-82-54)93-57-47(79)43(75)49(34(19-66)87-57)89-56-46(78)42(74)39(71)32(17-64)85-56/h6,22-24,26-59,63-81H,7-21H2,1-5H3/t22?,23-,24+,26-,27+,28-,29-,30-,31-,32+,33+,34+,35+,36-,37+,38+,39+,40+,41-,42-,43+,44-,45-,46+,47+,48-,49+,50+,51-,52+,53+,54-,55-,56-,57-,58+,59-,60-,61-,62?/m0/s1. The molecule has 0 spiro atoms. The number of rotatable bonds is 20. The molecule has 0 aromatic rings. The van der Waals surface area contributed by atoms with Crippen LogP contribution in [0.5, 0.6) is 0 Å². The Morgan fingerprint density at radius 1 is 0.521 bits per heavy atom. The minimum absolute atomic E-state index is 0.0381. The number of hydrogen-bond acceptors (Lipinski definition) is 32. The van der Waals surface area contributed by atoms with Gasteiger partial charge in [-0.1, -0.05) is 39.3 Å². The summed E-state index contributed by atoms with van der Waals surface area (Å²) in [5.41, 5.74) is 0.869. The number of aliphatic hydroxyl groups is 19. The topological polar surface area (TPSA) is 504 Å². The Bertz CT molecular complexity index is 2510. The van der Waals surface area contributed by atoms with Crippen LogP contribution >= 0.6 is 0 Å². The van der Waals surface area contributed by atoms with Crippen molar-refractivity contribution < 1.29 is 159 Å². The van der Waals surface area contributed by atoms with E-state index in [1.165, 1.54) is 12.5 Å². The lowest BCUT2D eigenvalue weighted by Crippen LogP contribution is -2.69. The van der Waals surface area contributed by atoms with Gasteiger partial charge >= 0.3 is 0 Å². The van der Waals surface area contributed by atoms with Crippen molar-refractivity contribution in [3.63, 3.8) is 0 Å². The van der Waals surface area contributed by atoms with E-state index < -0.39 is 223 Å². The average molecular weight is 1360 g/mol. The number of allylic oxidation sites excluding steroid dienone is 1. The third-order valence-corrected chi connectivity index (χ3v) is 23.4. The summed E-state index contributed by atoms with van der Waals surface area (Å²) in [7, 11) is 0. The highest BCUT2D eigenvalue weighted by atomic mass is 16.8. The maximum Gasteiger partial charge on any atom is 0.187 e. The summed E-state index contributed by atoms with van der Waals surface area (Å²) in [6.07, 6.45) is -46.2. The van der Waals surface area contributed by atoms with Crippen LogP contribution < -0.4 is 0 Å². The highest BCUT2D eigenvalue weighted by Crippen LogP contribution is 2.70. The minimum atomic E-state index is -2.27. The fraction of sp³-hybridized carbons (Fsp3) is 0.968. The molecule has 11 aliphatic rings. The zero-order valence-electron chi connectivity index (χ0n) is 53.4. The Labute approximate surface area is 543 Å². The van der Waals surface area contributed by atoms with E-state index in [4.69, 9.17) is 61.6 Å². The van der Waals surface area contributed by atoms with Gasteiger partial charge in [0.25, 0.3) is 0 Å². The molecule has 0 amide bonds. The largest absolute Gasteiger partial charge is 0.396 e. The second kappa shape index (κ2) is 29.4. The van der Waals surface area contributed by atoms with E-state index >= 15 is 0 Å². The second-order valence-electron chi connectivity index (χ2n) is 29.0. The van der Waals surface area contributed by atoms with E-state index in [-0.39, 0.29) is 41.3 Å².